The number of rotatable bonds is 3. The molecule has 2 nitrogen and oxygen atoms in total. The van der Waals surface area contributed by atoms with Gasteiger partial charge in [0, 0.05) is 31.7 Å². The fourth-order valence-electron chi connectivity index (χ4n) is 2.50. The van der Waals surface area contributed by atoms with Crippen LogP contribution in [0.3, 0.4) is 0 Å². The zero-order valence-corrected chi connectivity index (χ0v) is 11.6. The summed E-state index contributed by atoms with van der Waals surface area (Å²) < 4.78 is 0. The monoisotopic (exact) mass is 224 g/mol. The van der Waals surface area contributed by atoms with Crippen molar-refractivity contribution in [1.29, 1.82) is 0 Å². The second-order valence-electron chi connectivity index (χ2n) is 6.38. The number of nitrogens with one attached hydrogen (secondary N) is 1. The Morgan fingerprint density at radius 1 is 1.44 bits per heavy atom. The highest BCUT2D eigenvalue weighted by Gasteiger charge is 2.35. The van der Waals surface area contributed by atoms with E-state index in [2.05, 4.69) is 51.4 Å². The lowest BCUT2D eigenvalue weighted by molar-refractivity contribution is 0.0559. The molecular weight excluding hydrogens is 196 g/mol. The number of hydrogen-bond acceptors (Lipinski definition) is 2. The molecule has 1 saturated heterocycles. The lowest BCUT2D eigenvalue weighted by atomic mass is 9.83. The summed E-state index contributed by atoms with van der Waals surface area (Å²) in [6.45, 7) is 18.7. The van der Waals surface area contributed by atoms with Gasteiger partial charge < -0.3 is 5.32 Å². The molecule has 0 saturated carbocycles. The summed E-state index contributed by atoms with van der Waals surface area (Å²) in [5, 5.41) is 3.69. The van der Waals surface area contributed by atoms with Crippen LogP contribution in [0.5, 0.6) is 0 Å². The third-order valence-electron chi connectivity index (χ3n) is 3.61. The molecule has 1 fully saturated rings. The molecule has 0 aromatic carbocycles. The van der Waals surface area contributed by atoms with E-state index >= 15 is 0 Å². The van der Waals surface area contributed by atoms with Gasteiger partial charge in [0.05, 0.1) is 0 Å². The van der Waals surface area contributed by atoms with Crippen LogP contribution in [0.15, 0.2) is 12.7 Å². The Morgan fingerprint density at radius 3 is 2.50 bits per heavy atom. The standard InChI is InChI=1S/C14H28N2/c1-7-8-16-10-12(11(2)3)15-9-13(16)14(4,5)6/h7,11-13,15H,1,8-10H2,2-6H3. The van der Waals surface area contributed by atoms with Crippen molar-refractivity contribution in [2.45, 2.75) is 46.7 Å². The van der Waals surface area contributed by atoms with Crippen LogP contribution in [-0.4, -0.2) is 36.6 Å². The summed E-state index contributed by atoms with van der Waals surface area (Å²) in [6, 6.07) is 1.24. The smallest absolute Gasteiger partial charge is 0.0273 e. The van der Waals surface area contributed by atoms with Crippen molar-refractivity contribution in [2.75, 3.05) is 19.6 Å². The molecule has 0 amide bonds. The van der Waals surface area contributed by atoms with Crippen molar-refractivity contribution >= 4 is 0 Å². The molecule has 1 N–H and O–H groups in total. The highest BCUT2D eigenvalue weighted by Crippen LogP contribution is 2.27. The Balaban J connectivity index is 2.71. The third kappa shape index (κ3) is 3.33. The third-order valence-corrected chi connectivity index (χ3v) is 3.61. The van der Waals surface area contributed by atoms with Crippen molar-refractivity contribution in [1.82, 2.24) is 10.2 Å². The second-order valence-corrected chi connectivity index (χ2v) is 6.38. The minimum Gasteiger partial charge on any atom is -0.311 e. The Kier molecular flexibility index (Phi) is 4.57. The van der Waals surface area contributed by atoms with Gasteiger partial charge >= 0.3 is 0 Å². The van der Waals surface area contributed by atoms with E-state index in [9.17, 15) is 0 Å². The SMILES string of the molecule is C=CCN1CC(C(C)C)NCC1C(C)(C)C. The van der Waals surface area contributed by atoms with Crippen LogP contribution in [0.25, 0.3) is 0 Å². The number of hydrogen-bond donors (Lipinski definition) is 1. The molecule has 0 spiro atoms. The summed E-state index contributed by atoms with van der Waals surface area (Å²) in [6.07, 6.45) is 2.03. The molecule has 2 atom stereocenters. The first-order chi connectivity index (χ1) is 7.36. The van der Waals surface area contributed by atoms with Crippen LogP contribution in [0.2, 0.25) is 0 Å². The maximum Gasteiger partial charge on any atom is 0.0273 e. The van der Waals surface area contributed by atoms with Gasteiger partial charge in [-0.1, -0.05) is 40.7 Å². The van der Waals surface area contributed by atoms with Crippen molar-refractivity contribution in [2.24, 2.45) is 11.3 Å². The van der Waals surface area contributed by atoms with Gasteiger partial charge in [-0.05, 0) is 11.3 Å². The number of nitrogens with zero attached hydrogens (tertiary/aromatic N) is 1. The normalized spacial score (nSPS) is 28.4. The second kappa shape index (κ2) is 5.33. The van der Waals surface area contributed by atoms with Crippen LogP contribution in [0.1, 0.15) is 34.6 Å². The first-order valence-corrected chi connectivity index (χ1v) is 6.44. The Bertz CT molecular complexity index is 227. The molecule has 1 heterocycles. The van der Waals surface area contributed by atoms with Gasteiger partial charge in [-0.25, -0.2) is 0 Å². The maximum absolute atomic E-state index is 3.88. The molecule has 0 aliphatic carbocycles. The first kappa shape index (κ1) is 13.7. The van der Waals surface area contributed by atoms with Crippen molar-refractivity contribution < 1.29 is 0 Å². The molecule has 2 unspecified atom stereocenters. The molecule has 0 bridgehead atoms. The van der Waals surface area contributed by atoms with E-state index in [1.54, 1.807) is 0 Å². The van der Waals surface area contributed by atoms with Crippen LogP contribution in [0.4, 0.5) is 0 Å². The lowest BCUT2D eigenvalue weighted by Gasteiger charge is -2.47. The summed E-state index contributed by atoms with van der Waals surface area (Å²) in [5.74, 6) is 0.702. The van der Waals surface area contributed by atoms with E-state index in [-0.39, 0.29) is 0 Å². The minimum absolute atomic E-state index is 0.331. The lowest BCUT2D eigenvalue weighted by Crippen LogP contribution is -2.61. The van der Waals surface area contributed by atoms with E-state index in [4.69, 9.17) is 0 Å². The molecule has 0 radical (unpaired) electrons. The Morgan fingerprint density at radius 2 is 2.06 bits per heavy atom. The van der Waals surface area contributed by atoms with Gasteiger partial charge in [-0.2, -0.15) is 0 Å². The molecule has 1 aliphatic heterocycles. The average molecular weight is 224 g/mol. The molecule has 2 heteroatoms. The van der Waals surface area contributed by atoms with E-state index in [0.29, 0.717) is 23.4 Å². The highest BCUT2D eigenvalue weighted by molar-refractivity contribution is 4.95. The summed E-state index contributed by atoms with van der Waals surface area (Å²) >= 11 is 0. The van der Waals surface area contributed by atoms with Crippen LogP contribution in [0, 0.1) is 11.3 Å². The molecule has 0 aromatic rings. The van der Waals surface area contributed by atoms with E-state index < -0.39 is 0 Å². The highest BCUT2D eigenvalue weighted by atomic mass is 15.2. The van der Waals surface area contributed by atoms with Crippen LogP contribution in [-0.2, 0) is 0 Å². The molecule has 1 rings (SSSR count). The maximum atomic E-state index is 3.88. The van der Waals surface area contributed by atoms with Crippen molar-refractivity contribution in [3.63, 3.8) is 0 Å². The summed E-state index contributed by atoms with van der Waals surface area (Å²) in [5.41, 5.74) is 0.331. The predicted octanol–water partition coefficient (Wildman–Crippen LogP) is 2.52. The van der Waals surface area contributed by atoms with Gasteiger partial charge in [-0.15, -0.1) is 6.58 Å². The minimum atomic E-state index is 0.331. The fourth-order valence-corrected chi connectivity index (χ4v) is 2.50. The summed E-state index contributed by atoms with van der Waals surface area (Å²) in [7, 11) is 0. The van der Waals surface area contributed by atoms with Crippen LogP contribution < -0.4 is 5.32 Å². The van der Waals surface area contributed by atoms with Gasteiger partial charge in [0.2, 0.25) is 0 Å². The number of piperazine rings is 1. The molecule has 16 heavy (non-hydrogen) atoms. The van der Waals surface area contributed by atoms with E-state index in [1.807, 2.05) is 6.08 Å². The Labute approximate surface area is 101 Å². The van der Waals surface area contributed by atoms with Crippen LogP contribution >= 0.6 is 0 Å². The quantitative estimate of drug-likeness (QED) is 0.741. The van der Waals surface area contributed by atoms with Crippen molar-refractivity contribution in [3.05, 3.63) is 12.7 Å². The predicted molar refractivity (Wildman–Crippen MR) is 71.6 cm³/mol. The molecule has 0 aromatic heterocycles. The van der Waals surface area contributed by atoms with Gasteiger partial charge in [0.1, 0.15) is 0 Å². The van der Waals surface area contributed by atoms with Gasteiger partial charge in [0.15, 0.2) is 0 Å². The van der Waals surface area contributed by atoms with Crippen molar-refractivity contribution in [3.8, 4) is 0 Å². The zero-order valence-electron chi connectivity index (χ0n) is 11.6. The van der Waals surface area contributed by atoms with E-state index in [0.717, 1.165) is 19.6 Å². The van der Waals surface area contributed by atoms with E-state index in [1.165, 1.54) is 0 Å². The van der Waals surface area contributed by atoms with Gasteiger partial charge in [-0.3, -0.25) is 4.90 Å². The molecular formula is C14H28N2. The largest absolute Gasteiger partial charge is 0.311 e. The fraction of sp³-hybridized carbons (Fsp3) is 0.857. The topological polar surface area (TPSA) is 15.3 Å². The first-order valence-electron chi connectivity index (χ1n) is 6.44. The molecule has 1 aliphatic rings. The van der Waals surface area contributed by atoms with Gasteiger partial charge in [0.25, 0.3) is 0 Å². The molecule has 94 valence electrons. The zero-order chi connectivity index (χ0) is 12.3. The average Bonchev–Trinajstić information content (AvgIpc) is 2.16. The summed E-state index contributed by atoms with van der Waals surface area (Å²) in [4.78, 5) is 2.58. The Hall–Kier alpha value is -0.340.